The van der Waals surface area contributed by atoms with Crippen molar-refractivity contribution in [2.24, 2.45) is 0 Å². The first kappa shape index (κ1) is 16.8. The van der Waals surface area contributed by atoms with Gasteiger partial charge in [-0.25, -0.2) is 0 Å². The molecule has 8 heteroatoms. The first-order chi connectivity index (χ1) is 12.6. The van der Waals surface area contributed by atoms with Crippen molar-refractivity contribution in [3.05, 3.63) is 64.9 Å². The molecule has 4 rings (SSSR count). The lowest BCUT2D eigenvalue weighted by Gasteiger charge is -2.08. The zero-order valence-electron chi connectivity index (χ0n) is 13.5. The van der Waals surface area contributed by atoms with Gasteiger partial charge in [0.25, 0.3) is 0 Å². The molecule has 6 nitrogen and oxygen atoms in total. The summed E-state index contributed by atoms with van der Waals surface area (Å²) in [6.07, 6.45) is 1.88. The lowest BCUT2D eigenvalue weighted by atomic mass is 10.1. The van der Waals surface area contributed by atoms with Crippen LogP contribution in [0, 0.1) is 0 Å². The van der Waals surface area contributed by atoms with Crippen LogP contribution in [0.2, 0.25) is 5.02 Å². The van der Waals surface area contributed by atoms with Crippen molar-refractivity contribution in [2.75, 3.05) is 11.1 Å². The molecule has 0 spiro atoms. The summed E-state index contributed by atoms with van der Waals surface area (Å²) in [7, 11) is 0. The Balaban J connectivity index is 1.52. The Bertz CT molecular complexity index is 1000. The van der Waals surface area contributed by atoms with E-state index < -0.39 is 0 Å². The summed E-state index contributed by atoms with van der Waals surface area (Å²) in [6, 6.07) is 13.0. The Kier molecular flexibility index (Phi) is 4.48. The number of hydrogen-bond donors (Lipinski definition) is 1. The van der Waals surface area contributed by atoms with Crippen LogP contribution < -0.4 is 5.32 Å². The molecule has 1 aliphatic rings. The monoisotopic (exact) mass is 384 g/mol. The Morgan fingerprint density at radius 3 is 2.88 bits per heavy atom. The van der Waals surface area contributed by atoms with Gasteiger partial charge in [-0.2, -0.15) is 0 Å². The Labute approximate surface area is 158 Å². The summed E-state index contributed by atoms with van der Waals surface area (Å²) in [6.45, 7) is 0. The van der Waals surface area contributed by atoms with Crippen LogP contribution >= 0.6 is 23.4 Å². The minimum atomic E-state index is -0.121. The van der Waals surface area contributed by atoms with Crippen LogP contribution in [0.15, 0.2) is 53.9 Å². The zero-order chi connectivity index (χ0) is 18.1. The highest BCUT2D eigenvalue weighted by Crippen LogP contribution is 2.31. The zero-order valence-corrected chi connectivity index (χ0v) is 15.0. The summed E-state index contributed by atoms with van der Waals surface area (Å²) in [5.74, 6) is -0.0402. The second kappa shape index (κ2) is 6.93. The maximum absolute atomic E-state index is 12.6. The number of fused-ring (bicyclic) bond motifs is 1. The fourth-order valence-electron chi connectivity index (χ4n) is 2.76. The summed E-state index contributed by atoms with van der Waals surface area (Å²) in [5.41, 5.74) is 2.81. The van der Waals surface area contributed by atoms with Gasteiger partial charge >= 0.3 is 0 Å². The van der Waals surface area contributed by atoms with Gasteiger partial charge in [0, 0.05) is 16.9 Å². The van der Waals surface area contributed by atoms with Gasteiger partial charge in [0.05, 0.1) is 17.2 Å². The Morgan fingerprint density at radius 2 is 2.08 bits per heavy atom. The highest BCUT2D eigenvalue weighted by Gasteiger charge is 2.22. The number of nitrogens with zero attached hydrogens (tertiary/aromatic N) is 3. The molecular formula is C18H13ClN4O2S. The average molecular weight is 385 g/mol. The number of carbonyl (C=O) groups excluding carboxylic acids is 2. The van der Waals surface area contributed by atoms with Crippen LogP contribution in [-0.4, -0.2) is 32.2 Å². The molecule has 0 unspecified atom stereocenters. The molecule has 3 aromatic rings. The number of carbonyl (C=O) groups is 2. The molecule has 130 valence electrons. The van der Waals surface area contributed by atoms with Crippen LogP contribution in [0.3, 0.4) is 0 Å². The van der Waals surface area contributed by atoms with Crippen molar-refractivity contribution in [1.29, 1.82) is 0 Å². The molecule has 2 aromatic carbocycles. The predicted molar refractivity (Wildman–Crippen MR) is 100 cm³/mol. The topological polar surface area (TPSA) is 76.9 Å². The van der Waals surface area contributed by atoms with Crippen molar-refractivity contribution in [1.82, 2.24) is 14.8 Å². The van der Waals surface area contributed by atoms with Gasteiger partial charge in [0.2, 0.25) is 5.91 Å². The number of rotatable bonds is 5. The maximum Gasteiger partial charge on any atom is 0.228 e. The normalized spacial score (nSPS) is 12.7. The lowest BCUT2D eigenvalue weighted by molar-refractivity contribution is -0.115. The highest BCUT2D eigenvalue weighted by atomic mass is 35.5. The molecule has 0 bridgehead atoms. The fourth-order valence-corrected chi connectivity index (χ4v) is 3.84. The van der Waals surface area contributed by atoms with Crippen molar-refractivity contribution < 1.29 is 9.59 Å². The van der Waals surface area contributed by atoms with Crippen LogP contribution in [0.25, 0.3) is 5.69 Å². The van der Waals surface area contributed by atoms with E-state index in [-0.39, 0.29) is 23.9 Å². The number of halogens is 1. The lowest BCUT2D eigenvalue weighted by Crippen LogP contribution is -2.05. The first-order valence-corrected chi connectivity index (χ1v) is 9.22. The number of thioether (sulfide) groups is 1. The summed E-state index contributed by atoms with van der Waals surface area (Å²) in [5, 5.41) is 11.7. The van der Waals surface area contributed by atoms with E-state index in [2.05, 4.69) is 15.5 Å². The van der Waals surface area contributed by atoms with Gasteiger partial charge in [0.1, 0.15) is 6.33 Å². The van der Waals surface area contributed by atoms with E-state index in [0.29, 0.717) is 21.4 Å². The molecule has 0 atom stereocenters. The van der Waals surface area contributed by atoms with E-state index in [4.69, 9.17) is 11.6 Å². The molecule has 0 radical (unpaired) electrons. The number of para-hydroxylation sites is 1. The molecule has 1 N–H and O–H groups in total. The Hall–Kier alpha value is -2.64. The first-order valence-electron chi connectivity index (χ1n) is 7.85. The summed E-state index contributed by atoms with van der Waals surface area (Å²) in [4.78, 5) is 24.1. The van der Waals surface area contributed by atoms with Gasteiger partial charge in [-0.1, -0.05) is 41.6 Å². The number of aromatic nitrogens is 3. The fraction of sp³-hybridized carbons (Fsp3) is 0.111. The third-order valence-electron chi connectivity index (χ3n) is 4.00. The third kappa shape index (κ3) is 3.23. The highest BCUT2D eigenvalue weighted by molar-refractivity contribution is 7.99. The van der Waals surface area contributed by atoms with E-state index in [1.54, 1.807) is 18.5 Å². The molecule has 0 aliphatic carbocycles. The third-order valence-corrected chi connectivity index (χ3v) is 5.26. The average Bonchev–Trinajstić information content (AvgIpc) is 3.25. The van der Waals surface area contributed by atoms with Crippen molar-refractivity contribution in [3.63, 3.8) is 0 Å². The second-order valence-corrected chi connectivity index (χ2v) is 7.09. The standard InChI is InChI=1S/C18H13ClN4O2S/c19-14-8-15-11(7-17(25)21-15)6-13(14)16(24)9-26-18-22-20-10-23(18)12-4-2-1-3-5-12/h1-6,8,10H,7,9H2,(H,21,25). The number of benzene rings is 2. The van der Waals surface area contributed by atoms with E-state index in [1.165, 1.54) is 11.8 Å². The summed E-state index contributed by atoms with van der Waals surface area (Å²) >= 11 is 7.52. The minimum absolute atomic E-state index is 0.0917. The molecule has 1 amide bonds. The molecular weight excluding hydrogens is 372 g/mol. The van der Waals surface area contributed by atoms with Crippen LogP contribution in [0.1, 0.15) is 15.9 Å². The van der Waals surface area contributed by atoms with E-state index >= 15 is 0 Å². The molecule has 26 heavy (non-hydrogen) atoms. The maximum atomic E-state index is 12.6. The number of amides is 1. The molecule has 0 saturated carbocycles. The Morgan fingerprint density at radius 1 is 1.27 bits per heavy atom. The van der Waals surface area contributed by atoms with Gasteiger partial charge in [-0.15, -0.1) is 10.2 Å². The van der Waals surface area contributed by atoms with E-state index in [1.807, 2.05) is 34.9 Å². The summed E-state index contributed by atoms with van der Waals surface area (Å²) < 4.78 is 1.82. The molecule has 0 saturated heterocycles. The largest absolute Gasteiger partial charge is 0.325 e. The second-order valence-electron chi connectivity index (χ2n) is 5.75. The van der Waals surface area contributed by atoms with Crippen LogP contribution in [0.5, 0.6) is 0 Å². The van der Waals surface area contributed by atoms with E-state index in [9.17, 15) is 9.59 Å². The van der Waals surface area contributed by atoms with Gasteiger partial charge in [-0.3, -0.25) is 14.2 Å². The number of ketones is 1. The smallest absolute Gasteiger partial charge is 0.228 e. The minimum Gasteiger partial charge on any atom is -0.325 e. The van der Waals surface area contributed by atoms with E-state index in [0.717, 1.165) is 11.3 Å². The van der Waals surface area contributed by atoms with Crippen LogP contribution in [0.4, 0.5) is 5.69 Å². The number of Topliss-reactive ketones (excluding diaryl/α,β-unsaturated/α-hetero) is 1. The molecule has 0 fully saturated rings. The molecule has 1 aliphatic heterocycles. The van der Waals surface area contributed by atoms with Gasteiger partial charge in [0.15, 0.2) is 10.9 Å². The number of hydrogen-bond acceptors (Lipinski definition) is 5. The van der Waals surface area contributed by atoms with Gasteiger partial charge < -0.3 is 5.32 Å². The molecule has 1 aromatic heterocycles. The molecule has 2 heterocycles. The van der Waals surface area contributed by atoms with Crippen molar-refractivity contribution in [3.8, 4) is 5.69 Å². The predicted octanol–water partition coefficient (Wildman–Crippen LogP) is 3.39. The number of nitrogens with one attached hydrogen (secondary N) is 1. The van der Waals surface area contributed by atoms with Crippen molar-refractivity contribution in [2.45, 2.75) is 11.6 Å². The quantitative estimate of drug-likeness (QED) is 0.539. The SMILES string of the molecule is O=C1Cc2cc(C(=O)CSc3nncn3-c3ccccc3)c(Cl)cc2N1. The van der Waals surface area contributed by atoms with Crippen molar-refractivity contribution >= 4 is 40.7 Å². The van der Waals surface area contributed by atoms with Crippen LogP contribution in [-0.2, 0) is 11.2 Å². The number of anilines is 1. The van der Waals surface area contributed by atoms with Gasteiger partial charge in [-0.05, 0) is 29.8 Å².